The van der Waals surface area contributed by atoms with Crippen molar-refractivity contribution in [2.24, 2.45) is 11.8 Å². The van der Waals surface area contributed by atoms with Crippen LogP contribution < -0.4 is 9.08 Å². The Morgan fingerprint density at radius 3 is 1.43 bits per heavy atom. The van der Waals surface area contributed by atoms with Crippen molar-refractivity contribution in [1.29, 1.82) is 0 Å². The van der Waals surface area contributed by atoms with Crippen molar-refractivity contribution in [2.45, 2.75) is 95.4 Å². The molecule has 0 amide bonds. The maximum atomic E-state index is 12.3. The molecule has 2 saturated carbocycles. The lowest BCUT2D eigenvalue weighted by Gasteiger charge is -2.28. The highest BCUT2D eigenvalue weighted by Gasteiger charge is 2.48. The number of alkyl halides is 3. The number of rotatable bonds is 11. The van der Waals surface area contributed by atoms with Gasteiger partial charge in [0.2, 0.25) is 0 Å². The van der Waals surface area contributed by atoms with E-state index in [9.17, 15) is 31.2 Å². The Morgan fingerprint density at radius 2 is 1.09 bits per heavy atom. The topological polar surface area (TPSA) is 99.2 Å². The summed E-state index contributed by atoms with van der Waals surface area (Å²) in [4.78, 5) is 25.2. The standard InChI is InChI=1S/C18H27NO2.C17H21F3O5S/c1-4-21-18(20)13-14-5-7-15(8-6-14)16-9-11-17(12-10-16)19(2)3;1-2-24-16(21)11-12-3-5-13(6-4-12)14-7-9-15(10-8-14)25-26(22,23)17(18,19)20/h9-12,14-15H,4-8,13H2,1-3H3;7-10,12-13H,2-6,11H2,1H3. The van der Waals surface area contributed by atoms with Gasteiger partial charge in [-0.3, -0.25) is 9.59 Å². The predicted molar refractivity (Wildman–Crippen MR) is 175 cm³/mol. The molecule has 0 heterocycles. The van der Waals surface area contributed by atoms with Gasteiger partial charge in [0.05, 0.1) is 13.2 Å². The van der Waals surface area contributed by atoms with Crippen LogP contribution >= 0.6 is 0 Å². The van der Waals surface area contributed by atoms with Crippen LogP contribution in [0.5, 0.6) is 5.75 Å². The molecule has 2 aliphatic carbocycles. The molecule has 0 spiro atoms. The van der Waals surface area contributed by atoms with Crippen molar-refractivity contribution in [3.05, 3.63) is 59.7 Å². The number of hydrogen-bond donors (Lipinski definition) is 0. The van der Waals surface area contributed by atoms with Gasteiger partial charge >= 0.3 is 27.6 Å². The lowest BCUT2D eigenvalue weighted by Crippen LogP contribution is -2.28. The molecule has 0 bridgehead atoms. The van der Waals surface area contributed by atoms with E-state index in [1.807, 2.05) is 6.92 Å². The first-order valence-electron chi connectivity index (χ1n) is 16.4. The summed E-state index contributed by atoms with van der Waals surface area (Å²) >= 11 is 0. The first kappa shape index (κ1) is 38.2. The van der Waals surface area contributed by atoms with E-state index in [1.165, 1.54) is 36.2 Å². The molecule has 262 valence electrons. The molecule has 2 fully saturated rings. The van der Waals surface area contributed by atoms with Gasteiger partial charge in [0.1, 0.15) is 5.75 Å². The summed E-state index contributed by atoms with van der Waals surface area (Å²) in [7, 11) is -1.53. The molecule has 8 nitrogen and oxygen atoms in total. The fourth-order valence-electron chi connectivity index (χ4n) is 6.33. The fourth-order valence-corrected chi connectivity index (χ4v) is 6.78. The van der Waals surface area contributed by atoms with Gasteiger partial charge in [-0.2, -0.15) is 21.6 Å². The van der Waals surface area contributed by atoms with Gasteiger partial charge in [-0.15, -0.1) is 0 Å². The molecule has 0 atom stereocenters. The molecule has 0 saturated heterocycles. The largest absolute Gasteiger partial charge is 0.534 e. The number of benzene rings is 2. The maximum Gasteiger partial charge on any atom is 0.534 e. The predicted octanol–water partition coefficient (Wildman–Crippen LogP) is 8.12. The van der Waals surface area contributed by atoms with Crippen LogP contribution in [-0.2, 0) is 29.2 Å². The van der Waals surface area contributed by atoms with Crippen LogP contribution in [-0.4, -0.2) is 53.2 Å². The van der Waals surface area contributed by atoms with E-state index in [1.54, 1.807) is 19.1 Å². The summed E-state index contributed by atoms with van der Waals surface area (Å²) in [6.07, 6.45) is 9.09. The number of anilines is 1. The Hall–Kier alpha value is -3.28. The average molecular weight is 684 g/mol. The van der Waals surface area contributed by atoms with Crippen LogP contribution in [0.15, 0.2) is 48.5 Å². The van der Waals surface area contributed by atoms with E-state index in [-0.39, 0.29) is 29.5 Å². The van der Waals surface area contributed by atoms with Gasteiger partial charge in [-0.25, -0.2) is 0 Å². The Kier molecular flexibility index (Phi) is 14.4. The number of carbonyl (C=O) groups is 2. The van der Waals surface area contributed by atoms with Crippen molar-refractivity contribution >= 4 is 27.7 Å². The van der Waals surface area contributed by atoms with Gasteiger partial charge < -0.3 is 18.6 Å². The third-order valence-electron chi connectivity index (χ3n) is 8.94. The van der Waals surface area contributed by atoms with E-state index in [2.05, 4.69) is 47.4 Å². The second kappa shape index (κ2) is 17.8. The van der Waals surface area contributed by atoms with Crippen LogP contribution in [0.25, 0.3) is 0 Å². The minimum absolute atomic E-state index is 0.0312. The summed E-state index contributed by atoms with van der Waals surface area (Å²) in [5.74, 6) is 1.08. The molecule has 0 aliphatic heterocycles. The fraction of sp³-hybridized carbons (Fsp3) is 0.600. The monoisotopic (exact) mass is 683 g/mol. The number of hydrogen-bond acceptors (Lipinski definition) is 8. The molecule has 2 aromatic rings. The highest BCUT2D eigenvalue weighted by Crippen LogP contribution is 2.39. The lowest BCUT2D eigenvalue weighted by molar-refractivity contribution is -0.145. The van der Waals surface area contributed by atoms with Crippen molar-refractivity contribution in [3.8, 4) is 5.75 Å². The van der Waals surface area contributed by atoms with Crippen LogP contribution in [0.4, 0.5) is 18.9 Å². The van der Waals surface area contributed by atoms with Gasteiger partial charge in [0.15, 0.2) is 0 Å². The summed E-state index contributed by atoms with van der Waals surface area (Å²) in [5.41, 5.74) is -1.86. The van der Waals surface area contributed by atoms with Crippen LogP contribution in [0.3, 0.4) is 0 Å². The highest BCUT2D eigenvalue weighted by molar-refractivity contribution is 7.88. The zero-order chi connectivity index (χ0) is 34.6. The third kappa shape index (κ3) is 12.0. The molecule has 2 aliphatic rings. The van der Waals surface area contributed by atoms with Gasteiger partial charge in [0, 0.05) is 32.6 Å². The van der Waals surface area contributed by atoms with Gasteiger partial charge in [-0.05, 0) is 124 Å². The van der Waals surface area contributed by atoms with Crippen molar-refractivity contribution in [2.75, 3.05) is 32.2 Å². The Morgan fingerprint density at radius 1 is 0.702 bits per heavy atom. The SMILES string of the molecule is CCOC(=O)CC1CCC(c2ccc(N(C)C)cc2)CC1.CCOC(=O)CC1CCC(c2ccc(OS(=O)(=O)C(F)(F)F)cc2)CC1. The number of esters is 2. The molecule has 47 heavy (non-hydrogen) atoms. The van der Waals surface area contributed by atoms with Crippen LogP contribution in [0.2, 0.25) is 0 Å². The minimum Gasteiger partial charge on any atom is -0.466 e. The van der Waals surface area contributed by atoms with E-state index in [4.69, 9.17) is 9.47 Å². The van der Waals surface area contributed by atoms with Crippen molar-refractivity contribution in [1.82, 2.24) is 0 Å². The quantitative estimate of drug-likeness (QED) is 0.133. The van der Waals surface area contributed by atoms with E-state index >= 15 is 0 Å². The summed E-state index contributed by atoms with van der Waals surface area (Å²) < 4.78 is 73.0. The molecular weight excluding hydrogens is 635 g/mol. The molecular formula is C35H48F3NO7S. The summed E-state index contributed by atoms with van der Waals surface area (Å²) in [6.45, 7) is 4.49. The normalized spacial score (nSPS) is 21.5. The van der Waals surface area contributed by atoms with E-state index < -0.39 is 15.6 Å². The van der Waals surface area contributed by atoms with Crippen molar-refractivity contribution < 1.29 is 44.8 Å². The molecule has 12 heteroatoms. The lowest BCUT2D eigenvalue weighted by atomic mass is 9.77. The van der Waals surface area contributed by atoms with E-state index in [0.717, 1.165) is 44.1 Å². The Labute approximate surface area is 277 Å². The Balaban J connectivity index is 0.000000261. The van der Waals surface area contributed by atoms with E-state index in [0.29, 0.717) is 37.9 Å². The zero-order valence-electron chi connectivity index (χ0n) is 27.8. The molecule has 0 aromatic heterocycles. The number of halogens is 3. The molecule has 0 radical (unpaired) electrons. The van der Waals surface area contributed by atoms with Gasteiger partial charge in [-0.1, -0.05) is 24.3 Å². The second-order valence-electron chi connectivity index (χ2n) is 12.5. The number of carbonyl (C=O) groups excluding carboxylic acids is 2. The molecule has 2 aromatic carbocycles. The molecule has 0 unspecified atom stereocenters. The molecule has 4 rings (SSSR count). The summed E-state index contributed by atoms with van der Waals surface area (Å²) in [6, 6.07) is 14.5. The summed E-state index contributed by atoms with van der Waals surface area (Å²) in [5, 5.41) is 0. The molecule has 0 N–H and O–H groups in total. The number of nitrogens with zero attached hydrogens (tertiary/aromatic N) is 1. The average Bonchev–Trinajstić information content (AvgIpc) is 3.02. The first-order valence-corrected chi connectivity index (χ1v) is 17.8. The second-order valence-corrected chi connectivity index (χ2v) is 14.0. The highest BCUT2D eigenvalue weighted by atomic mass is 32.2. The van der Waals surface area contributed by atoms with Crippen LogP contribution in [0, 0.1) is 11.8 Å². The van der Waals surface area contributed by atoms with Gasteiger partial charge in [0.25, 0.3) is 0 Å². The Bertz CT molecular complexity index is 1360. The first-order chi connectivity index (χ1) is 22.2. The zero-order valence-corrected chi connectivity index (χ0v) is 28.6. The third-order valence-corrected chi connectivity index (χ3v) is 9.92. The smallest absolute Gasteiger partial charge is 0.466 e. The maximum absolute atomic E-state index is 12.3. The minimum atomic E-state index is -5.66. The van der Waals surface area contributed by atoms with Crippen LogP contribution in [0.1, 0.15) is 101 Å². The van der Waals surface area contributed by atoms with Crippen molar-refractivity contribution in [3.63, 3.8) is 0 Å². The number of ether oxygens (including phenoxy) is 2.